The number of carbonyl (C=O) groups is 1. The molecule has 1 fully saturated rings. The topological polar surface area (TPSA) is 84.9 Å². The summed E-state index contributed by atoms with van der Waals surface area (Å²) in [5.41, 5.74) is 1.30. The smallest absolute Gasteiger partial charge is 0.255 e. The monoisotopic (exact) mass is 460 g/mol. The molecule has 8 heteroatoms. The van der Waals surface area contributed by atoms with Crippen molar-refractivity contribution in [3.63, 3.8) is 0 Å². The van der Waals surface area contributed by atoms with Gasteiger partial charge in [-0.25, -0.2) is 8.42 Å². The van der Waals surface area contributed by atoms with E-state index in [1.807, 2.05) is 24.3 Å². The molecule has 0 radical (unpaired) electrons. The quantitative estimate of drug-likeness (QED) is 0.576. The normalized spacial score (nSPS) is 14.9. The summed E-state index contributed by atoms with van der Waals surface area (Å²) in [6, 6.07) is 12.2. The minimum atomic E-state index is -3.64. The van der Waals surface area contributed by atoms with Crippen LogP contribution in [0.25, 0.3) is 0 Å². The van der Waals surface area contributed by atoms with Gasteiger partial charge in [0.1, 0.15) is 18.1 Å². The van der Waals surface area contributed by atoms with E-state index >= 15 is 0 Å². The van der Waals surface area contributed by atoms with Crippen LogP contribution in [0, 0.1) is 0 Å². The van der Waals surface area contributed by atoms with Crippen molar-refractivity contribution in [2.45, 2.75) is 43.9 Å². The molecular weight excluding hydrogens is 428 g/mol. The van der Waals surface area contributed by atoms with Crippen LogP contribution in [0.15, 0.2) is 47.4 Å². The first-order chi connectivity index (χ1) is 15.3. The van der Waals surface area contributed by atoms with E-state index in [0.29, 0.717) is 31.4 Å². The summed E-state index contributed by atoms with van der Waals surface area (Å²) in [5.74, 6) is 1.04. The fourth-order valence-electron chi connectivity index (χ4n) is 3.79. The number of amides is 1. The highest BCUT2D eigenvalue weighted by atomic mass is 32.2. The molecule has 0 saturated carbocycles. The SMILES string of the molecule is COc1ccc(S(=O)(=O)N2CCCCC2)cc1C(=O)NCCOc1ccccc1C(C)C. The first kappa shape index (κ1) is 24.1. The van der Waals surface area contributed by atoms with Gasteiger partial charge in [0, 0.05) is 13.1 Å². The molecule has 2 aromatic rings. The van der Waals surface area contributed by atoms with Crippen LogP contribution in [0.5, 0.6) is 11.5 Å². The highest BCUT2D eigenvalue weighted by Gasteiger charge is 2.27. The number of rotatable bonds is 9. The zero-order valence-electron chi connectivity index (χ0n) is 19.0. The van der Waals surface area contributed by atoms with E-state index in [1.54, 1.807) is 0 Å². The van der Waals surface area contributed by atoms with Crippen LogP contribution in [-0.4, -0.2) is 52.0 Å². The number of ether oxygens (including phenoxy) is 2. The molecule has 0 spiro atoms. The number of hydrogen-bond acceptors (Lipinski definition) is 5. The first-order valence-electron chi connectivity index (χ1n) is 11.0. The Labute approximate surface area is 190 Å². The zero-order valence-corrected chi connectivity index (χ0v) is 19.8. The van der Waals surface area contributed by atoms with E-state index in [1.165, 1.54) is 29.6 Å². The van der Waals surface area contributed by atoms with Gasteiger partial charge in [0.2, 0.25) is 10.0 Å². The van der Waals surface area contributed by atoms with Gasteiger partial charge in [-0.3, -0.25) is 4.79 Å². The minimum Gasteiger partial charge on any atom is -0.496 e. The van der Waals surface area contributed by atoms with Crippen LogP contribution in [0.2, 0.25) is 0 Å². The maximum absolute atomic E-state index is 13.0. The van der Waals surface area contributed by atoms with Crippen molar-refractivity contribution < 1.29 is 22.7 Å². The van der Waals surface area contributed by atoms with E-state index < -0.39 is 15.9 Å². The summed E-state index contributed by atoms with van der Waals surface area (Å²) in [4.78, 5) is 12.9. The third-order valence-corrected chi connectivity index (χ3v) is 7.45. The van der Waals surface area contributed by atoms with Gasteiger partial charge in [-0.2, -0.15) is 4.31 Å². The van der Waals surface area contributed by atoms with E-state index in [-0.39, 0.29) is 17.0 Å². The number of sulfonamides is 1. The Balaban J connectivity index is 1.67. The lowest BCUT2D eigenvalue weighted by Crippen LogP contribution is -2.35. The lowest BCUT2D eigenvalue weighted by Gasteiger charge is -2.26. The van der Waals surface area contributed by atoms with Gasteiger partial charge in [-0.1, -0.05) is 38.5 Å². The number of benzene rings is 2. The molecule has 1 heterocycles. The molecule has 32 heavy (non-hydrogen) atoms. The van der Waals surface area contributed by atoms with E-state index in [2.05, 4.69) is 19.2 Å². The highest BCUT2D eigenvalue weighted by molar-refractivity contribution is 7.89. The van der Waals surface area contributed by atoms with E-state index in [0.717, 1.165) is 30.6 Å². The second kappa shape index (κ2) is 10.8. The average Bonchev–Trinajstić information content (AvgIpc) is 2.82. The molecule has 1 aliphatic heterocycles. The Hall–Kier alpha value is -2.58. The van der Waals surface area contributed by atoms with E-state index in [4.69, 9.17) is 9.47 Å². The van der Waals surface area contributed by atoms with Crippen molar-refractivity contribution in [3.05, 3.63) is 53.6 Å². The molecule has 1 N–H and O–H groups in total. The van der Waals surface area contributed by atoms with E-state index in [9.17, 15) is 13.2 Å². The van der Waals surface area contributed by atoms with Crippen molar-refractivity contribution in [2.24, 2.45) is 0 Å². The van der Waals surface area contributed by atoms with Gasteiger partial charge in [0.15, 0.2) is 0 Å². The average molecular weight is 461 g/mol. The van der Waals surface area contributed by atoms with Crippen molar-refractivity contribution in [3.8, 4) is 11.5 Å². The van der Waals surface area contributed by atoms with Crippen molar-refractivity contribution in [2.75, 3.05) is 33.4 Å². The number of hydrogen-bond donors (Lipinski definition) is 1. The van der Waals surface area contributed by atoms with Crippen LogP contribution in [0.1, 0.15) is 54.9 Å². The van der Waals surface area contributed by atoms with Gasteiger partial charge in [0.05, 0.1) is 24.1 Å². The lowest BCUT2D eigenvalue weighted by atomic mass is 10.0. The lowest BCUT2D eigenvalue weighted by molar-refractivity contribution is 0.0943. The van der Waals surface area contributed by atoms with Crippen LogP contribution in [-0.2, 0) is 10.0 Å². The molecule has 2 aromatic carbocycles. The molecule has 3 rings (SSSR count). The molecular formula is C24H32N2O5S. The second-order valence-corrected chi connectivity index (χ2v) is 10.1. The Morgan fingerprint density at radius 1 is 1.06 bits per heavy atom. The standard InChI is InChI=1S/C24H32N2O5S/c1-18(2)20-9-5-6-10-23(20)31-16-13-25-24(27)21-17-19(11-12-22(21)30-3)32(28,29)26-14-7-4-8-15-26/h5-6,9-12,17-18H,4,7-8,13-16H2,1-3H3,(H,25,27). The maximum atomic E-state index is 13.0. The highest BCUT2D eigenvalue weighted by Crippen LogP contribution is 2.27. The first-order valence-corrected chi connectivity index (χ1v) is 12.5. The molecule has 1 aliphatic rings. The Bertz CT molecular complexity index is 1030. The number of nitrogens with zero attached hydrogens (tertiary/aromatic N) is 1. The van der Waals surface area contributed by atoms with Crippen molar-refractivity contribution in [1.82, 2.24) is 9.62 Å². The van der Waals surface area contributed by atoms with Crippen LogP contribution >= 0.6 is 0 Å². The largest absolute Gasteiger partial charge is 0.496 e. The number of piperidine rings is 1. The van der Waals surface area contributed by atoms with Gasteiger partial charge in [0.25, 0.3) is 5.91 Å². The third-order valence-electron chi connectivity index (χ3n) is 5.55. The molecule has 0 aromatic heterocycles. The summed E-state index contributed by atoms with van der Waals surface area (Å²) in [6.07, 6.45) is 2.73. The zero-order chi connectivity index (χ0) is 23.1. The predicted molar refractivity (Wildman–Crippen MR) is 124 cm³/mol. The Morgan fingerprint density at radius 2 is 1.78 bits per heavy atom. The fourth-order valence-corrected chi connectivity index (χ4v) is 5.33. The number of carbonyl (C=O) groups excluding carboxylic acids is 1. The molecule has 7 nitrogen and oxygen atoms in total. The number of nitrogens with one attached hydrogen (secondary N) is 1. The van der Waals surface area contributed by atoms with Crippen molar-refractivity contribution in [1.29, 1.82) is 0 Å². The van der Waals surface area contributed by atoms with Gasteiger partial charge < -0.3 is 14.8 Å². The molecule has 0 bridgehead atoms. The molecule has 0 atom stereocenters. The minimum absolute atomic E-state index is 0.104. The number of para-hydroxylation sites is 1. The van der Waals surface area contributed by atoms with Crippen LogP contribution < -0.4 is 14.8 Å². The Morgan fingerprint density at radius 3 is 2.47 bits per heavy atom. The Kier molecular flexibility index (Phi) is 8.15. The van der Waals surface area contributed by atoms with Crippen LogP contribution in [0.3, 0.4) is 0 Å². The summed E-state index contributed by atoms with van der Waals surface area (Å²) in [6.45, 7) is 5.78. The molecule has 0 aliphatic carbocycles. The van der Waals surface area contributed by atoms with Gasteiger partial charge in [-0.15, -0.1) is 0 Å². The summed E-state index contributed by atoms with van der Waals surface area (Å²) in [7, 11) is -2.19. The molecule has 174 valence electrons. The maximum Gasteiger partial charge on any atom is 0.255 e. The summed E-state index contributed by atoms with van der Waals surface area (Å²) in [5, 5.41) is 2.80. The fraction of sp³-hybridized carbons (Fsp3) is 0.458. The number of methoxy groups -OCH3 is 1. The summed E-state index contributed by atoms with van der Waals surface area (Å²) < 4.78 is 38.6. The predicted octanol–water partition coefficient (Wildman–Crippen LogP) is 3.80. The summed E-state index contributed by atoms with van der Waals surface area (Å²) >= 11 is 0. The van der Waals surface area contributed by atoms with Gasteiger partial charge in [-0.05, 0) is 48.6 Å². The third kappa shape index (κ3) is 5.61. The second-order valence-electron chi connectivity index (χ2n) is 8.12. The van der Waals surface area contributed by atoms with Crippen LogP contribution in [0.4, 0.5) is 0 Å². The molecule has 1 saturated heterocycles. The molecule has 0 unspecified atom stereocenters. The molecule has 1 amide bonds. The van der Waals surface area contributed by atoms with Gasteiger partial charge >= 0.3 is 0 Å². The van der Waals surface area contributed by atoms with Crippen molar-refractivity contribution >= 4 is 15.9 Å².